The van der Waals surface area contributed by atoms with E-state index in [0.717, 1.165) is 5.56 Å². The first kappa shape index (κ1) is 12.4. The zero-order chi connectivity index (χ0) is 12.6. The predicted molar refractivity (Wildman–Crippen MR) is 68.1 cm³/mol. The number of amidine groups is 1. The van der Waals surface area contributed by atoms with Crippen molar-refractivity contribution in [3.8, 4) is 0 Å². The fourth-order valence-corrected chi connectivity index (χ4v) is 3.41. The molecule has 0 radical (unpaired) electrons. The Morgan fingerprint density at radius 1 is 1.35 bits per heavy atom. The molecule has 4 nitrogen and oxygen atoms in total. The van der Waals surface area contributed by atoms with Gasteiger partial charge in [0.25, 0.3) is 10.0 Å². The van der Waals surface area contributed by atoms with Crippen LogP contribution < -0.4 is 0 Å². The van der Waals surface area contributed by atoms with Crippen molar-refractivity contribution in [2.75, 3.05) is 13.1 Å². The lowest BCUT2D eigenvalue weighted by molar-refractivity contribution is 0.537. The van der Waals surface area contributed by atoms with E-state index in [2.05, 4.69) is 4.99 Å². The van der Waals surface area contributed by atoms with Crippen LogP contribution in [0.25, 0.3) is 0 Å². The van der Waals surface area contributed by atoms with Gasteiger partial charge in [-0.3, -0.25) is 9.30 Å². The highest BCUT2D eigenvalue weighted by atomic mass is 35.5. The third kappa shape index (κ3) is 2.17. The molecule has 1 aromatic rings. The third-order valence-corrected chi connectivity index (χ3v) is 5.02. The number of aliphatic imine (C=N–C) groups is 1. The maximum atomic E-state index is 12.3. The third-order valence-electron chi connectivity index (χ3n) is 2.72. The summed E-state index contributed by atoms with van der Waals surface area (Å²) in [5, 5.41) is 0.566. The summed E-state index contributed by atoms with van der Waals surface area (Å²) in [6, 6.07) is 4.71. The fourth-order valence-electron chi connectivity index (χ4n) is 1.74. The molecule has 0 bridgehead atoms. The molecule has 0 aromatic heterocycles. The average molecular weight is 273 g/mol. The Morgan fingerprint density at radius 2 is 2.06 bits per heavy atom. The predicted octanol–water partition coefficient (Wildman–Crippen LogP) is 2.07. The summed E-state index contributed by atoms with van der Waals surface area (Å²) in [6.07, 6.45) is 0. The van der Waals surface area contributed by atoms with Crippen LogP contribution in [0.15, 0.2) is 28.1 Å². The summed E-state index contributed by atoms with van der Waals surface area (Å²) in [5.74, 6) is 0.539. The first-order chi connectivity index (χ1) is 7.93. The molecule has 0 atom stereocenters. The molecule has 0 saturated heterocycles. The van der Waals surface area contributed by atoms with Crippen molar-refractivity contribution in [1.29, 1.82) is 0 Å². The Balaban J connectivity index is 2.45. The summed E-state index contributed by atoms with van der Waals surface area (Å²) < 4.78 is 25.9. The fraction of sp³-hybridized carbons (Fsp3) is 0.364. The molecular weight excluding hydrogens is 260 g/mol. The first-order valence-electron chi connectivity index (χ1n) is 5.23. The molecule has 1 aromatic carbocycles. The number of nitrogens with zero attached hydrogens (tertiary/aromatic N) is 2. The first-order valence-corrected chi connectivity index (χ1v) is 7.04. The molecule has 2 rings (SSSR count). The molecule has 17 heavy (non-hydrogen) atoms. The second kappa shape index (κ2) is 4.31. The Hall–Kier alpha value is -1.07. The Labute approximate surface area is 106 Å². The summed E-state index contributed by atoms with van der Waals surface area (Å²) in [5.41, 5.74) is 0.751. The number of hydrogen-bond donors (Lipinski definition) is 0. The molecule has 0 unspecified atom stereocenters. The molecule has 92 valence electrons. The normalized spacial score (nSPS) is 16.2. The van der Waals surface area contributed by atoms with Gasteiger partial charge >= 0.3 is 0 Å². The van der Waals surface area contributed by atoms with Crippen molar-refractivity contribution in [3.05, 3.63) is 28.8 Å². The van der Waals surface area contributed by atoms with Gasteiger partial charge in [0.2, 0.25) is 0 Å². The van der Waals surface area contributed by atoms with Crippen molar-refractivity contribution >= 4 is 27.5 Å². The molecular formula is C11H13ClN2O2S. The monoisotopic (exact) mass is 272 g/mol. The topological polar surface area (TPSA) is 49.7 Å². The Kier molecular flexibility index (Phi) is 3.14. The quantitative estimate of drug-likeness (QED) is 0.828. The van der Waals surface area contributed by atoms with Gasteiger partial charge in [-0.2, -0.15) is 0 Å². The van der Waals surface area contributed by atoms with Crippen LogP contribution in [-0.4, -0.2) is 31.6 Å². The highest BCUT2D eigenvalue weighted by Crippen LogP contribution is 2.23. The molecule has 0 spiro atoms. The summed E-state index contributed by atoms with van der Waals surface area (Å²) >= 11 is 5.89. The summed E-state index contributed by atoms with van der Waals surface area (Å²) in [6.45, 7) is 4.42. The minimum atomic E-state index is -3.48. The van der Waals surface area contributed by atoms with E-state index in [4.69, 9.17) is 11.6 Å². The van der Waals surface area contributed by atoms with Gasteiger partial charge in [0.1, 0.15) is 5.84 Å². The van der Waals surface area contributed by atoms with Crippen molar-refractivity contribution in [3.63, 3.8) is 0 Å². The maximum absolute atomic E-state index is 12.3. The van der Waals surface area contributed by atoms with Crippen molar-refractivity contribution in [1.82, 2.24) is 4.31 Å². The van der Waals surface area contributed by atoms with Crippen molar-refractivity contribution < 1.29 is 8.42 Å². The minimum Gasteiger partial charge on any atom is -0.270 e. The lowest BCUT2D eigenvalue weighted by atomic mass is 10.2. The number of benzene rings is 1. The molecule has 1 aliphatic heterocycles. The van der Waals surface area contributed by atoms with Gasteiger partial charge in [-0.1, -0.05) is 11.6 Å². The summed E-state index contributed by atoms with van der Waals surface area (Å²) in [7, 11) is -3.48. The molecule has 0 aliphatic carbocycles. The van der Waals surface area contributed by atoms with E-state index in [-0.39, 0.29) is 4.90 Å². The smallest absolute Gasteiger partial charge is 0.265 e. The van der Waals surface area contributed by atoms with Crippen LogP contribution in [0.2, 0.25) is 5.02 Å². The van der Waals surface area contributed by atoms with Gasteiger partial charge < -0.3 is 0 Å². The van der Waals surface area contributed by atoms with E-state index in [1.165, 1.54) is 10.4 Å². The van der Waals surface area contributed by atoms with Crippen LogP contribution in [0.1, 0.15) is 12.5 Å². The molecule has 6 heteroatoms. The van der Waals surface area contributed by atoms with E-state index in [1.807, 2.05) is 0 Å². The molecule has 0 fully saturated rings. The lowest BCUT2D eigenvalue weighted by Crippen LogP contribution is -2.32. The van der Waals surface area contributed by atoms with E-state index >= 15 is 0 Å². The highest BCUT2D eigenvalue weighted by molar-refractivity contribution is 7.89. The van der Waals surface area contributed by atoms with Crippen LogP contribution >= 0.6 is 11.6 Å². The van der Waals surface area contributed by atoms with Crippen molar-refractivity contribution in [2.45, 2.75) is 18.7 Å². The van der Waals surface area contributed by atoms with Gasteiger partial charge in [-0.25, -0.2) is 8.42 Å². The summed E-state index contributed by atoms with van der Waals surface area (Å²) in [4.78, 5) is 4.35. The zero-order valence-electron chi connectivity index (χ0n) is 9.64. The van der Waals surface area contributed by atoms with E-state index in [1.54, 1.807) is 26.0 Å². The van der Waals surface area contributed by atoms with E-state index < -0.39 is 10.0 Å². The Bertz CT molecular complexity index is 581. The number of sulfonamides is 1. The van der Waals surface area contributed by atoms with Crippen LogP contribution in [0.5, 0.6) is 0 Å². The largest absolute Gasteiger partial charge is 0.270 e. The number of halogens is 1. The van der Waals surface area contributed by atoms with Gasteiger partial charge in [0, 0.05) is 5.02 Å². The van der Waals surface area contributed by atoms with Gasteiger partial charge in [-0.15, -0.1) is 0 Å². The van der Waals surface area contributed by atoms with Gasteiger partial charge in [0.05, 0.1) is 18.0 Å². The van der Waals surface area contributed by atoms with Gasteiger partial charge in [-0.05, 0) is 37.6 Å². The molecule has 1 heterocycles. The molecule has 1 aliphatic rings. The van der Waals surface area contributed by atoms with Crippen LogP contribution in [0, 0.1) is 6.92 Å². The SMILES string of the molecule is CC1=NCCN1S(=O)(=O)c1ccc(Cl)c(C)c1. The highest BCUT2D eigenvalue weighted by Gasteiger charge is 2.28. The van der Waals surface area contributed by atoms with Crippen LogP contribution in [0.3, 0.4) is 0 Å². The Morgan fingerprint density at radius 3 is 2.59 bits per heavy atom. The number of aryl methyl sites for hydroxylation is 1. The minimum absolute atomic E-state index is 0.260. The van der Waals surface area contributed by atoms with Crippen LogP contribution in [0.4, 0.5) is 0 Å². The molecule has 0 N–H and O–H groups in total. The maximum Gasteiger partial charge on any atom is 0.265 e. The second-order valence-corrected chi connectivity index (χ2v) is 6.19. The zero-order valence-corrected chi connectivity index (χ0v) is 11.2. The number of hydrogen-bond acceptors (Lipinski definition) is 3. The van der Waals surface area contributed by atoms with E-state index in [9.17, 15) is 8.42 Å². The lowest BCUT2D eigenvalue weighted by Gasteiger charge is -2.18. The standard InChI is InChI=1S/C11H13ClN2O2S/c1-8-7-10(3-4-11(8)12)17(15,16)14-6-5-13-9(14)2/h3-4,7H,5-6H2,1-2H3. The second-order valence-electron chi connectivity index (χ2n) is 3.92. The average Bonchev–Trinajstić information content (AvgIpc) is 2.69. The van der Waals surface area contributed by atoms with Crippen LogP contribution in [-0.2, 0) is 10.0 Å². The molecule has 0 amide bonds. The molecule has 0 saturated carbocycles. The van der Waals surface area contributed by atoms with Crippen molar-refractivity contribution in [2.24, 2.45) is 4.99 Å². The number of rotatable bonds is 2. The van der Waals surface area contributed by atoms with E-state index in [0.29, 0.717) is 23.9 Å². The van der Waals surface area contributed by atoms with Gasteiger partial charge in [0.15, 0.2) is 0 Å².